The van der Waals surface area contributed by atoms with E-state index in [9.17, 15) is 4.79 Å². The zero-order valence-corrected chi connectivity index (χ0v) is 13.2. The molecule has 0 saturated heterocycles. The van der Waals surface area contributed by atoms with Gasteiger partial charge in [-0.15, -0.1) is 0 Å². The van der Waals surface area contributed by atoms with Gasteiger partial charge in [0.2, 0.25) is 6.10 Å². The second-order valence-electron chi connectivity index (χ2n) is 5.60. The Kier molecular flexibility index (Phi) is 4.28. The van der Waals surface area contributed by atoms with Gasteiger partial charge in [-0.2, -0.15) is 0 Å². The molecule has 1 atom stereocenters. The molecule has 0 bridgehead atoms. The van der Waals surface area contributed by atoms with Crippen molar-refractivity contribution in [3.8, 4) is 0 Å². The van der Waals surface area contributed by atoms with Crippen molar-refractivity contribution >= 4 is 23.0 Å². The molecule has 1 unspecified atom stereocenters. The Balaban J connectivity index is 1.67. The number of benzene rings is 2. The van der Waals surface area contributed by atoms with Crippen molar-refractivity contribution in [3.05, 3.63) is 60.2 Å². The third-order valence-corrected chi connectivity index (χ3v) is 3.71. The van der Waals surface area contributed by atoms with Crippen LogP contribution in [0.15, 0.2) is 59.8 Å². The summed E-state index contributed by atoms with van der Waals surface area (Å²) in [4.78, 5) is 19.7. The molecule has 2 aromatic rings. The molecule has 0 radical (unpaired) electrons. The number of rotatable bonds is 4. The third kappa shape index (κ3) is 3.34. The summed E-state index contributed by atoms with van der Waals surface area (Å²) < 4.78 is 0. The summed E-state index contributed by atoms with van der Waals surface area (Å²) in [6.45, 7) is 0. The zero-order chi connectivity index (χ0) is 16.2. The molecule has 0 aromatic heterocycles. The van der Waals surface area contributed by atoms with Crippen molar-refractivity contribution in [2.45, 2.75) is 12.5 Å². The van der Waals surface area contributed by atoms with Crippen LogP contribution in [0.4, 0.5) is 11.4 Å². The minimum atomic E-state index is -0.597. The minimum absolute atomic E-state index is 0.186. The molecular formula is C18H19N3O2. The molecule has 5 nitrogen and oxygen atoms in total. The van der Waals surface area contributed by atoms with Gasteiger partial charge in [0.15, 0.2) is 0 Å². The largest absolute Gasteiger partial charge is 0.382 e. The first-order chi connectivity index (χ1) is 11.1. The number of para-hydroxylation sites is 2. The van der Waals surface area contributed by atoms with Crippen LogP contribution in [-0.2, 0) is 9.63 Å². The number of anilines is 2. The average molecular weight is 309 g/mol. The summed E-state index contributed by atoms with van der Waals surface area (Å²) in [5, 5.41) is 6.98. The number of carbonyl (C=O) groups is 1. The molecule has 118 valence electrons. The van der Waals surface area contributed by atoms with Gasteiger partial charge in [-0.1, -0.05) is 47.6 Å². The van der Waals surface area contributed by atoms with Crippen molar-refractivity contribution in [2.24, 2.45) is 5.16 Å². The third-order valence-electron chi connectivity index (χ3n) is 3.71. The van der Waals surface area contributed by atoms with Crippen LogP contribution in [0.5, 0.6) is 0 Å². The van der Waals surface area contributed by atoms with Crippen LogP contribution < -0.4 is 10.2 Å². The fourth-order valence-corrected chi connectivity index (χ4v) is 2.50. The number of oxime groups is 1. The maximum absolute atomic E-state index is 12.4. The molecule has 1 heterocycles. The molecular weight excluding hydrogens is 290 g/mol. The number of nitrogens with zero attached hydrogens (tertiary/aromatic N) is 2. The number of hydrogen-bond acceptors (Lipinski definition) is 4. The van der Waals surface area contributed by atoms with Crippen molar-refractivity contribution in [2.75, 3.05) is 24.3 Å². The van der Waals surface area contributed by atoms with Crippen LogP contribution in [-0.4, -0.2) is 31.8 Å². The van der Waals surface area contributed by atoms with E-state index in [4.69, 9.17) is 4.84 Å². The van der Waals surface area contributed by atoms with Gasteiger partial charge < -0.3 is 15.1 Å². The minimum Gasteiger partial charge on any atom is -0.382 e. The first-order valence-electron chi connectivity index (χ1n) is 7.50. The van der Waals surface area contributed by atoms with E-state index in [0.29, 0.717) is 6.42 Å². The molecule has 5 heteroatoms. The predicted octanol–water partition coefficient (Wildman–Crippen LogP) is 2.88. The van der Waals surface area contributed by atoms with Gasteiger partial charge in [0.05, 0.1) is 17.1 Å². The monoisotopic (exact) mass is 309 g/mol. The Morgan fingerprint density at radius 2 is 1.83 bits per heavy atom. The van der Waals surface area contributed by atoms with E-state index in [1.807, 2.05) is 73.6 Å². The topological polar surface area (TPSA) is 53.9 Å². The predicted molar refractivity (Wildman–Crippen MR) is 91.9 cm³/mol. The molecule has 0 aliphatic carbocycles. The summed E-state index contributed by atoms with van der Waals surface area (Å²) in [5.74, 6) is -0.186. The van der Waals surface area contributed by atoms with E-state index in [0.717, 1.165) is 22.6 Å². The SMILES string of the molecule is CN(C)c1ccccc1NC(=O)C1CC(c2ccccc2)=NO1. The second kappa shape index (κ2) is 6.52. The van der Waals surface area contributed by atoms with E-state index < -0.39 is 6.10 Å². The highest BCUT2D eigenvalue weighted by Crippen LogP contribution is 2.25. The standard InChI is InChI=1S/C18H19N3O2/c1-21(2)16-11-7-6-10-14(16)19-18(22)17-12-15(20-23-17)13-8-4-3-5-9-13/h3-11,17H,12H2,1-2H3,(H,19,22). The molecule has 0 saturated carbocycles. The fourth-order valence-electron chi connectivity index (χ4n) is 2.50. The van der Waals surface area contributed by atoms with Crippen molar-refractivity contribution in [1.82, 2.24) is 0 Å². The van der Waals surface area contributed by atoms with Crippen LogP contribution in [0, 0.1) is 0 Å². The molecule has 0 fully saturated rings. The second-order valence-corrected chi connectivity index (χ2v) is 5.60. The molecule has 3 rings (SSSR count). The summed E-state index contributed by atoms with van der Waals surface area (Å²) >= 11 is 0. The fraction of sp³-hybridized carbons (Fsp3) is 0.222. The molecule has 1 aliphatic rings. The number of amides is 1. The smallest absolute Gasteiger partial charge is 0.268 e. The van der Waals surface area contributed by atoms with E-state index >= 15 is 0 Å². The normalized spacial score (nSPS) is 16.4. The van der Waals surface area contributed by atoms with Crippen LogP contribution in [0.25, 0.3) is 0 Å². The molecule has 1 aliphatic heterocycles. The zero-order valence-electron chi connectivity index (χ0n) is 13.2. The van der Waals surface area contributed by atoms with Crippen LogP contribution in [0.2, 0.25) is 0 Å². The highest BCUT2D eigenvalue weighted by atomic mass is 16.6. The van der Waals surface area contributed by atoms with E-state index in [2.05, 4.69) is 10.5 Å². The highest BCUT2D eigenvalue weighted by Gasteiger charge is 2.29. The summed E-state index contributed by atoms with van der Waals surface area (Å²) in [6, 6.07) is 17.4. The van der Waals surface area contributed by atoms with E-state index in [-0.39, 0.29) is 5.91 Å². The van der Waals surface area contributed by atoms with Gasteiger partial charge >= 0.3 is 0 Å². The van der Waals surface area contributed by atoms with Crippen LogP contribution in [0.1, 0.15) is 12.0 Å². The van der Waals surface area contributed by atoms with Gasteiger partial charge in [0.1, 0.15) is 0 Å². The summed E-state index contributed by atoms with van der Waals surface area (Å²) in [6.07, 6.45) is -0.125. The van der Waals surface area contributed by atoms with Gasteiger partial charge in [-0.3, -0.25) is 4.79 Å². The Morgan fingerprint density at radius 1 is 1.13 bits per heavy atom. The van der Waals surface area contributed by atoms with Gasteiger partial charge in [-0.25, -0.2) is 0 Å². The lowest BCUT2D eigenvalue weighted by molar-refractivity contribution is -0.125. The lowest BCUT2D eigenvalue weighted by Crippen LogP contribution is -2.28. The molecule has 23 heavy (non-hydrogen) atoms. The lowest BCUT2D eigenvalue weighted by atomic mass is 10.0. The Labute approximate surface area is 135 Å². The van der Waals surface area contributed by atoms with E-state index in [1.54, 1.807) is 0 Å². The molecule has 2 aromatic carbocycles. The highest BCUT2D eigenvalue weighted by molar-refractivity contribution is 6.06. The Morgan fingerprint density at radius 3 is 2.57 bits per heavy atom. The van der Waals surface area contributed by atoms with Crippen molar-refractivity contribution in [3.63, 3.8) is 0 Å². The number of hydrogen-bond donors (Lipinski definition) is 1. The molecule has 1 N–H and O–H groups in total. The number of carbonyl (C=O) groups excluding carboxylic acids is 1. The van der Waals surface area contributed by atoms with Gasteiger partial charge in [0.25, 0.3) is 5.91 Å². The first kappa shape index (κ1) is 15.1. The lowest BCUT2D eigenvalue weighted by Gasteiger charge is -2.18. The van der Waals surface area contributed by atoms with Gasteiger partial charge in [0, 0.05) is 20.5 Å². The first-order valence-corrected chi connectivity index (χ1v) is 7.50. The molecule has 0 spiro atoms. The van der Waals surface area contributed by atoms with Crippen molar-refractivity contribution in [1.29, 1.82) is 0 Å². The maximum Gasteiger partial charge on any atom is 0.268 e. The average Bonchev–Trinajstić information content (AvgIpc) is 3.06. The summed E-state index contributed by atoms with van der Waals surface area (Å²) in [7, 11) is 3.88. The Bertz CT molecular complexity index is 726. The molecule has 1 amide bonds. The summed E-state index contributed by atoms with van der Waals surface area (Å²) in [5.41, 5.74) is 3.49. The number of nitrogens with one attached hydrogen (secondary N) is 1. The van der Waals surface area contributed by atoms with Crippen molar-refractivity contribution < 1.29 is 9.63 Å². The quantitative estimate of drug-likeness (QED) is 0.945. The van der Waals surface area contributed by atoms with E-state index in [1.165, 1.54) is 0 Å². The van der Waals surface area contributed by atoms with Crippen LogP contribution in [0.3, 0.4) is 0 Å². The van der Waals surface area contributed by atoms with Crippen LogP contribution >= 0.6 is 0 Å². The maximum atomic E-state index is 12.4. The van der Waals surface area contributed by atoms with Gasteiger partial charge in [-0.05, 0) is 17.7 Å². The Hall–Kier alpha value is -2.82.